The minimum Gasteiger partial charge on any atom is -0.459 e. The zero-order valence-corrected chi connectivity index (χ0v) is 16.4. The lowest BCUT2D eigenvalue weighted by molar-refractivity contribution is -0.223. The first kappa shape index (κ1) is 21.5. The summed E-state index contributed by atoms with van der Waals surface area (Å²) in [5.41, 5.74) is 4.12. The molecule has 0 spiro atoms. The van der Waals surface area contributed by atoms with Gasteiger partial charge < -0.3 is 25.1 Å². The fraction of sp³-hybridized carbons (Fsp3) is 0.474. The van der Waals surface area contributed by atoms with Gasteiger partial charge in [0, 0.05) is 19.0 Å². The smallest absolute Gasteiger partial charge is 0.306 e. The molecule has 1 aliphatic rings. The summed E-state index contributed by atoms with van der Waals surface area (Å²) in [6.07, 6.45) is 4.39. The summed E-state index contributed by atoms with van der Waals surface area (Å²) in [5.74, 6) is -2.42. The molecular formula is C19H21FN4O6. The molecule has 10 nitrogen and oxygen atoms in total. The average molecular weight is 420 g/mol. The number of nitrogens with zero attached hydrogens (tertiary/aromatic N) is 3. The van der Waals surface area contributed by atoms with Crippen LogP contribution in [0, 0.1) is 12.3 Å². The molecule has 1 aliphatic heterocycles. The summed E-state index contributed by atoms with van der Waals surface area (Å²) in [6.45, 7) is 2.05. The number of ether oxygens (including phenoxy) is 3. The minimum absolute atomic E-state index is 0.0202. The van der Waals surface area contributed by atoms with Gasteiger partial charge in [-0.3, -0.25) is 14.2 Å². The van der Waals surface area contributed by atoms with Gasteiger partial charge in [0.2, 0.25) is 11.7 Å². The summed E-state index contributed by atoms with van der Waals surface area (Å²) < 4.78 is 32.4. The van der Waals surface area contributed by atoms with Gasteiger partial charge in [-0.1, -0.05) is 19.8 Å². The van der Waals surface area contributed by atoms with Gasteiger partial charge in [-0.2, -0.15) is 0 Å². The van der Waals surface area contributed by atoms with Crippen molar-refractivity contribution >= 4 is 28.8 Å². The number of carbonyl (C=O) groups is 2. The van der Waals surface area contributed by atoms with E-state index in [1.165, 1.54) is 37.0 Å². The third-order valence-corrected chi connectivity index (χ3v) is 4.71. The summed E-state index contributed by atoms with van der Waals surface area (Å²) in [4.78, 5) is 31.7. The number of fused-ring (bicyclic) bond motifs is 1. The molecule has 11 heteroatoms. The Morgan fingerprint density at radius 1 is 1.40 bits per heavy atom. The molecule has 2 aromatic rings. The van der Waals surface area contributed by atoms with Crippen molar-refractivity contribution in [3.8, 4) is 12.3 Å². The number of hydrogen-bond donors (Lipinski definition) is 2. The minimum atomic E-state index is -2.93. The molecule has 0 unspecified atom stereocenters. The van der Waals surface area contributed by atoms with E-state index in [0.717, 1.165) is 0 Å². The zero-order valence-electron chi connectivity index (χ0n) is 16.4. The highest BCUT2D eigenvalue weighted by Crippen LogP contribution is 2.48. The first-order valence-electron chi connectivity index (χ1n) is 9.19. The SMILES string of the molecule is C#C[C@]1(O)[C@H](n2cnc3c(N)ccnc32)O[C@](F)(COC(=O)CC)[C@H]1OC(=O)CC. The number of hydrogen-bond acceptors (Lipinski definition) is 9. The highest BCUT2D eigenvalue weighted by molar-refractivity contribution is 5.83. The number of aliphatic hydroxyl groups is 1. The topological polar surface area (TPSA) is 139 Å². The van der Waals surface area contributed by atoms with Crippen molar-refractivity contribution in [1.82, 2.24) is 14.5 Å². The van der Waals surface area contributed by atoms with Crippen molar-refractivity contribution in [2.45, 2.75) is 50.5 Å². The molecule has 30 heavy (non-hydrogen) atoms. The number of nitrogens with two attached hydrogens (primary N) is 1. The Labute approximate surface area is 171 Å². The van der Waals surface area contributed by atoms with Gasteiger partial charge in [0.05, 0.1) is 12.0 Å². The van der Waals surface area contributed by atoms with Crippen LogP contribution >= 0.6 is 0 Å². The van der Waals surface area contributed by atoms with Crippen LogP contribution in [0.5, 0.6) is 0 Å². The van der Waals surface area contributed by atoms with Crippen LogP contribution < -0.4 is 5.73 Å². The fourth-order valence-corrected chi connectivity index (χ4v) is 3.12. The van der Waals surface area contributed by atoms with E-state index in [1.54, 1.807) is 0 Å². The molecule has 0 radical (unpaired) electrons. The predicted octanol–water partition coefficient (Wildman–Crippen LogP) is 0.847. The number of nitrogen functional groups attached to an aromatic ring is 1. The molecule has 3 N–H and O–H groups in total. The number of halogens is 1. The first-order valence-corrected chi connectivity index (χ1v) is 9.19. The monoisotopic (exact) mass is 420 g/mol. The molecule has 0 bridgehead atoms. The highest BCUT2D eigenvalue weighted by atomic mass is 19.2. The van der Waals surface area contributed by atoms with E-state index in [1.807, 2.05) is 0 Å². The molecule has 2 aromatic heterocycles. The van der Waals surface area contributed by atoms with Gasteiger partial charge >= 0.3 is 11.9 Å². The first-order chi connectivity index (χ1) is 14.2. The Kier molecular flexibility index (Phi) is 5.65. The number of terminal acetylenes is 1. The number of rotatable bonds is 6. The van der Waals surface area contributed by atoms with Crippen molar-refractivity contribution in [3.05, 3.63) is 18.6 Å². The fourth-order valence-electron chi connectivity index (χ4n) is 3.12. The largest absolute Gasteiger partial charge is 0.459 e. The molecule has 3 rings (SSSR count). The summed E-state index contributed by atoms with van der Waals surface area (Å²) >= 11 is 0. The second-order valence-corrected chi connectivity index (χ2v) is 6.69. The molecule has 3 heterocycles. The van der Waals surface area contributed by atoms with Gasteiger partial charge in [0.25, 0.3) is 5.85 Å². The van der Waals surface area contributed by atoms with Gasteiger partial charge in [0.1, 0.15) is 5.52 Å². The molecular weight excluding hydrogens is 399 g/mol. The van der Waals surface area contributed by atoms with E-state index < -0.39 is 42.3 Å². The standard InChI is InChI=1S/C19H21FN4O6/c1-4-12(25)28-9-19(20)16(29-13(26)5-2)18(27,6-3)17(30-19)24-10-23-14-11(21)7-8-22-15(14)24/h3,7-8,10,16-17,27H,4-5,9H2,1-2H3,(H2,21,22)/t16-,17+,18+,19+/m0/s1. The predicted molar refractivity (Wildman–Crippen MR) is 101 cm³/mol. The molecule has 0 aliphatic carbocycles. The van der Waals surface area contributed by atoms with Crippen LogP contribution in [0.3, 0.4) is 0 Å². The number of carbonyl (C=O) groups excluding carboxylic acids is 2. The van der Waals surface area contributed by atoms with E-state index in [4.69, 9.17) is 26.4 Å². The quantitative estimate of drug-likeness (QED) is 0.514. The molecule has 1 fully saturated rings. The Hall–Kier alpha value is -3.23. The summed E-state index contributed by atoms with van der Waals surface area (Å²) in [5, 5.41) is 11.2. The Bertz CT molecular complexity index is 1020. The lowest BCUT2D eigenvalue weighted by Crippen LogP contribution is -2.53. The Morgan fingerprint density at radius 2 is 2.10 bits per heavy atom. The second-order valence-electron chi connectivity index (χ2n) is 6.69. The molecule has 4 atom stereocenters. The van der Waals surface area contributed by atoms with Gasteiger partial charge in [-0.25, -0.2) is 14.4 Å². The van der Waals surface area contributed by atoms with Crippen LogP contribution in [0.2, 0.25) is 0 Å². The van der Waals surface area contributed by atoms with Crippen molar-refractivity contribution in [1.29, 1.82) is 0 Å². The average Bonchev–Trinajstić information content (AvgIpc) is 3.26. The number of anilines is 1. The number of imidazole rings is 1. The molecule has 1 saturated heterocycles. The number of esters is 2. The third-order valence-electron chi connectivity index (χ3n) is 4.71. The van der Waals surface area contributed by atoms with E-state index in [9.17, 15) is 14.7 Å². The van der Waals surface area contributed by atoms with E-state index in [2.05, 4.69) is 15.9 Å². The summed E-state index contributed by atoms with van der Waals surface area (Å²) in [6, 6.07) is 1.51. The van der Waals surface area contributed by atoms with Crippen LogP contribution in [0.25, 0.3) is 11.2 Å². The maximum absolute atomic E-state index is 15.9. The third kappa shape index (κ3) is 3.44. The van der Waals surface area contributed by atoms with Gasteiger partial charge in [-0.15, -0.1) is 6.42 Å². The number of alkyl halides is 1. The van der Waals surface area contributed by atoms with Gasteiger partial charge in [-0.05, 0) is 6.07 Å². The van der Waals surface area contributed by atoms with Crippen LogP contribution in [0.1, 0.15) is 32.9 Å². The Morgan fingerprint density at radius 3 is 2.73 bits per heavy atom. The maximum atomic E-state index is 15.9. The van der Waals surface area contributed by atoms with E-state index in [-0.39, 0.29) is 24.0 Å². The van der Waals surface area contributed by atoms with Crippen LogP contribution in [-0.4, -0.2) is 55.7 Å². The normalized spacial score (nSPS) is 28.2. The van der Waals surface area contributed by atoms with Crippen LogP contribution in [0.15, 0.2) is 18.6 Å². The number of pyridine rings is 1. The number of aromatic nitrogens is 3. The summed E-state index contributed by atoms with van der Waals surface area (Å²) in [7, 11) is 0. The van der Waals surface area contributed by atoms with Crippen molar-refractivity contribution in [2.24, 2.45) is 0 Å². The van der Waals surface area contributed by atoms with Crippen LogP contribution in [-0.2, 0) is 23.8 Å². The second kappa shape index (κ2) is 7.89. The molecule has 0 aromatic carbocycles. The maximum Gasteiger partial charge on any atom is 0.306 e. The zero-order chi connectivity index (χ0) is 22.1. The lowest BCUT2D eigenvalue weighted by atomic mass is 9.93. The Balaban J connectivity index is 2.09. The van der Waals surface area contributed by atoms with E-state index in [0.29, 0.717) is 5.69 Å². The highest BCUT2D eigenvalue weighted by Gasteiger charge is 2.68. The van der Waals surface area contributed by atoms with Crippen LogP contribution in [0.4, 0.5) is 10.1 Å². The van der Waals surface area contributed by atoms with Crippen molar-refractivity contribution in [2.75, 3.05) is 12.3 Å². The molecule has 0 saturated carbocycles. The molecule has 160 valence electrons. The van der Waals surface area contributed by atoms with Crippen molar-refractivity contribution in [3.63, 3.8) is 0 Å². The van der Waals surface area contributed by atoms with Crippen molar-refractivity contribution < 1.29 is 33.3 Å². The van der Waals surface area contributed by atoms with E-state index >= 15 is 4.39 Å². The molecule has 0 amide bonds. The van der Waals surface area contributed by atoms with Gasteiger partial charge in [0.15, 0.2) is 18.5 Å². The lowest BCUT2D eigenvalue weighted by Gasteiger charge is -2.30.